The number of rotatable bonds is 3. The van der Waals surface area contributed by atoms with Gasteiger partial charge in [0.15, 0.2) is 0 Å². The molecule has 1 heterocycles. The summed E-state index contributed by atoms with van der Waals surface area (Å²) in [4.78, 5) is 16.9. The average molecular weight is 298 g/mol. The standard InChI is InChI=1S/C13H12F2N2O2S/c1-6-7(2)20-12(17-6)5-19-13(18)8-3-11(16)10(15)4-9(8)14/h3-4H,5,16H2,1-2H3. The van der Waals surface area contributed by atoms with Crippen LogP contribution in [0.4, 0.5) is 14.5 Å². The van der Waals surface area contributed by atoms with Crippen molar-refractivity contribution in [1.82, 2.24) is 4.98 Å². The van der Waals surface area contributed by atoms with Crippen molar-refractivity contribution in [3.63, 3.8) is 0 Å². The minimum atomic E-state index is -1.01. The molecule has 2 rings (SSSR count). The topological polar surface area (TPSA) is 65.2 Å². The summed E-state index contributed by atoms with van der Waals surface area (Å²) < 4.78 is 31.4. The van der Waals surface area contributed by atoms with Crippen molar-refractivity contribution in [1.29, 1.82) is 0 Å². The first kappa shape index (κ1) is 14.4. The van der Waals surface area contributed by atoms with E-state index in [1.165, 1.54) is 11.3 Å². The van der Waals surface area contributed by atoms with Gasteiger partial charge in [-0.05, 0) is 19.9 Å². The smallest absolute Gasteiger partial charge is 0.341 e. The van der Waals surface area contributed by atoms with Crippen LogP contribution in [0.25, 0.3) is 0 Å². The molecule has 0 radical (unpaired) electrons. The molecule has 7 heteroatoms. The molecule has 0 fully saturated rings. The van der Waals surface area contributed by atoms with Gasteiger partial charge in [-0.1, -0.05) is 0 Å². The normalized spacial score (nSPS) is 10.6. The highest BCUT2D eigenvalue weighted by molar-refractivity contribution is 7.11. The van der Waals surface area contributed by atoms with E-state index in [9.17, 15) is 13.6 Å². The molecule has 4 nitrogen and oxygen atoms in total. The molecule has 0 bridgehead atoms. The quantitative estimate of drug-likeness (QED) is 0.699. The molecular weight excluding hydrogens is 286 g/mol. The Balaban J connectivity index is 2.11. The Morgan fingerprint density at radius 1 is 1.35 bits per heavy atom. The van der Waals surface area contributed by atoms with Gasteiger partial charge in [-0.3, -0.25) is 0 Å². The first-order chi connectivity index (χ1) is 9.38. The Morgan fingerprint density at radius 3 is 2.65 bits per heavy atom. The van der Waals surface area contributed by atoms with Gasteiger partial charge < -0.3 is 10.5 Å². The molecule has 0 unspecified atom stereocenters. The second-order valence-electron chi connectivity index (χ2n) is 4.18. The molecule has 20 heavy (non-hydrogen) atoms. The van der Waals surface area contributed by atoms with Crippen LogP contribution in [0, 0.1) is 25.5 Å². The first-order valence-corrected chi connectivity index (χ1v) is 6.54. The second-order valence-corrected chi connectivity index (χ2v) is 5.47. The Labute approximate surface area is 118 Å². The van der Waals surface area contributed by atoms with Crippen LogP contribution in [0.2, 0.25) is 0 Å². The van der Waals surface area contributed by atoms with E-state index in [1.807, 2.05) is 13.8 Å². The number of halogens is 2. The summed E-state index contributed by atoms with van der Waals surface area (Å²) >= 11 is 1.39. The molecule has 1 aromatic heterocycles. The molecular formula is C13H12F2N2O2S. The molecule has 2 N–H and O–H groups in total. The van der Waals surface area contributed by atoms with Crippen LogP contribution in [0.15, 0.2) is 12.1 Å². The van der Waals surface area contributed by atoms with Gasteiger partial charge in [0, 0.05) is 10.9 Å². The fourth-order valence-electron chi connectivity index (χ4n) is 1.53. The van der Waals surface area contributed by atoms with E-state index in [0.29, 0.717) is 11.1 Å². The van der Waals surface area contributed by atoms with Crippen molar-refractivity contribution in [2.45, 2.75) is 20.5 Å². The van der Waals surface area contributed by atoms with E-state index in [-0.39, 0.29) is 12.3 Å². The minimum absolute atomic E-state index is 0.0606. The lowest BCUT2D eigenvalue weighted by atomic mass is 10.2. The number of hydrogen-bond donors (Lipinski definition) is 1. The molecule has 106 valence electrons. The lowest BCUT2D eigenvalue weighted by molar-refractivity contribution is 0.0467. The Kier molecular flexibility index (Phi) is 3.99. The van der Waals surface area contributed by atoms with Crippen LogP contribution in [0.3, 0.4) is 0 Å². The molecule has 0 aliphatic rings. The van der Waals surface area contributed by atoms with Crippen molar-refractivity contribution in [2.75, 3.05) is 5.73 Å². The summed E-state index contributed by atoms with van der Waals surface area (Å²) in [5.41, 5.74) is 5.46. The highest BCUT2D eigenvalue weighted by Gasteiger charge is 2.17. The number of carbonyl (C=O) groups is 1. The highest BCUT2D eigenvalue weighted by Crippen LogP contribution is 2.20. The lowest BCUT2D eigenvalue weighted by Crippen LogP contribution is -2.09. The number of anilines is 1. The number of aromatic nitrogens is 1. The summed E-state index contributed by atoms with van der Waals surface area (Å²) in [7, 11) is 0. The van der Waals surface area contributed by atoms with E-state index in [2.05, 4.69) is 4.98 Å². The van der Waals surface area contributed by atoms with E-state index in [0.717, 1.165) is 16.6 Å². The average Bonchev–Trinajstić information content (AvgIpc) is 2.70. The molecule has 0 aliphatic carbocycles. The monoisotopic (exact) mass is 298 g/mol. The third-order valence-corrected chi connectivity index (χ3v) is 3.75. The van der Waals surface area contributed by atoms with Crippen molar-refractivity contribution < 1.29 is 18.3 Å². The zero-order valence-electron chi connectivity index (χ0n) is 10.9. The van der Waals surface area contributed by atoms with Crippen LogP contribution in [0.1, 0.15) is 25.9 Å². The van der Waals surface area contributed by atoms with Crippen molar-refractivity contribution in [3.05, 3.63) is 44.9 Å². The highest BCUT2D eigenvalue weighted by atomic mass is 32.1. The summed E-state index contributed by atoms with van der Waals surface area (Å²) in [6.07, 6.45) is 0. The number of nitrogens with two attached hydrogens (primary N) is 1. The van der Waals surface area contributed by atoms with Gasteiger partial charge in [0.05, 0.1) is 16.9 Å². The fraction of sp³-hybridized carbons (Fsp3) is 0.231. The van der Waals surface area contributed by atoms with Crippen LogP contribution in [-0.2, 0) is 11.3 Å². The third kappa shape index (κ3) is 2.93. The summed E-state index contributed by atoms with van der Waals surface area (Å²) in [5, 5.41) is 0.615. The summed E-state index contributed by atoms with van der Waals surface area (Å²) in [5.74, 6) is -2.82. The number of nitrogen functional groups attached to an aromatic ring is 1. The second kappa shape index (κ2) is 5.54. The van der Waals surface area contributed by atoms with Crippen molar-refractivity contribution >= 4 is 23.0 Å². The van der Waals surface area contributed by atoms with Crippen molar-refractivity contribution in [3.8, 4) is 0 Å². The zero-order chi connectivity index (χ0) is 14.9. The van der Waals surface area contributed by atoms with E-state index in [4.69, 9.17) is 10.5 Å². The van der Waals surface area contributed by atoms with Gasteiger partial charge in [0.2, 0.25) is 0 Å². The number of esters is 1. The number of aryl methyl sites for hydroxylation is 2. The maximum Gasteiger partial charge on any atom is 0.341 e. The van der Waals surface area contributed by atoms with Crippen LogP contribution < -0.4 is 5.73 Å². The Bertz CT molecular complexity index is 651. The summed E-state index contributed by atoms with van der Waals surface area (Å²) in [6, 6.07) is 1.48. The SMILES string of the molecule is Cc1nc(COC(=O)c2cc(N)c(F)cc2F)sc1C. The number of nitrogens with zero attached hydrogens (tertiary/aromatic N) is 1. The van der Waals surface area contributed by atoms with Gasteiger partial charge in [-0.15, -0.1) is 11.3 Å². The van der Waals surface area contributed by atoms with Gasteiger partial charge in [-0.2, -0.15) is 0 Å². The molecule has 0 amide bonds. The van der Waals surface area contributed by atoms with Gasteiger partial charge in [0.25, 0.3) is 0 Å². The first-order valence-electron chi connectivity index (χ1n) is 5.73. The predicted octanol–water partition coefficient (Wildman–Crippen LogP) is 2.98. The maximum atomic E-state index is 13.5. The van der Waals surface area contributed by atoms with Gasteiger partial charge in [0.1, 0.15) is 23.2 Å². The van der Waals surface area contributed by atoms with Crippen LogP contribution in [0.5, 0.6) is 0 Å². The molecule has 2 aromatic rings. The number of hydrogen-bond acceptors (Lipinski definition) is 5. The molecule has 0 spiro atoms. The third-order valence-electron chi connectivity index (χ3n) is 2.71. The molecule has 0 saturated carbocycles. The number of ether oxygens (including phenoxy) is 1. The molecule has 0 aliphatic heterocycles. The number of carbonyl (C=O) groups excluding carboxylic acids is 1. The van der Waals surface area contributed by atoms with Gasteiger partial charge in [-0.25, -0.2) is 18.6 Å². The Morgan fingerprint density at radius 2 is 2.05 bits per heavy atom. The fourth-order valence-corrected chi connectivity index (χ4v) is 2.38. The van der Waals surface area contributed by atoms with E-state index < -0.39 is 23.2 Å². The predicted molar refractivity (Wildman–Crippen MR) is 71.5 cm³/mol. The molecule has 0 atom stereocenters. The van der Waals surface area contributed by atoms with E-state index in [1.54, 1.807) is 0 Å². The van der Waals surface area contributed by atoms with Crippen LogP contribution >= 0.6 is 11.3 Å². The van der Waals surface area contributed by atoms with Gasteiger partial charge >= 0.3 is 5.97 Å². The van der Waals surface area contributed by atoms with Crippen LogP contribution in [-0.4, -0.2) is 11.0 Å². The number of thiazole rings is 1. The minimum Gasteiger partial charge on any atom is -0.455 e. The summed E-state index contributed by atoms with van der Waals surface area (Å²) in [6.45, 7) is 3.69. The van der Waals surface area contributed by atoms with E-state index >= 15 is 0 Å². The lowest BCUT2D eigenvalue weighted by Gasteiger charge is -2.05. The molecule has 1 aromatic carbocycles. The van der Waals surface area contributed by atoms with Crippen molar-refractivity contribution in [2.24, 2.45) is 0 Å². The largest absolute Gasteiger partial charge is 0.455 e. The Hall–Kier alpha value is -2.02. The zero-order valence-corrected chi connectivity index (χ0v) is 11.7. The number of benzene rings is 1. The molecule has 0 saturated heterocycles. The maximum absolute atomic E-state index is 13.5.